The molecular formula is C14H17NO. The Morgan fingerprint density at radius 1 is 1.31 bits per heavy atom. The second-order valence-corrected chi connectivity index (χ2v) is 4.40. The Kier molecular flexibility index (Phi) is 3.46. The summed E-state index contributed by atoms with van der Waals surface area (Å²) < 4.78 is 5.23. The fraction of sp³-hybridized carbons (Fsp3) is 0.500. The van der Waals surface area contributed by atoms with Crippen molar-refractivity contribution in [1.29, 1.82) is 5.26 Å². The van der Waals surface area contributed by atoms with Crippen LogP contribution in [0.2, 0.25) is 0 Å². The molecule has 16 heavy (non-hydrogen) atoms. The smallest absolute Gasteiger partial charge is 0.119 e. The second-order valence-electron chi connectivity index (χ2n) is 4.40. The standard InChI is InChI=1S/C14H17NO/c1-16-13-7-4-6-11(9-13)14-8-3-2-5-12(14)10-15/h4,6-7,9,12,14H,2-3,5,8H2,1H3. The Balaban J connectivity index is 2.24. The van der Waals surface area contributed by atoms with E-state index >= 15 is 0 Å². The van der Waals surface area contributed by atoms with E-state index in [2.05, 4.69) is 18.2 Å². The molecule has 0 aliphatic heterocycles. The number of rotatable bonds is 2. The van der Waals surface area contributed by atoms with Gasteiger partial charge in [-0.1, -0.05) is 25.0 Å². The van der Waals surface area contributed by atoms with Gasteiger partial charge in [0.15, 0.2) is 0 Å². The molecule has 2 atom stereocenters. The molecule has 0 bridgehead atoms. The lowest BCUT2D eigenvalue weighted by atomic mass is 9.76. The second kappa shape index (κ2) is 5.03. The number of nitriles is 1. The van der Waals surface area contributed by atoms with Crippen molar-refractivity contribution in [3.8, 4) is 11.8 Å². The normalized spacial score (nSPS) is 24.8. The monoisotopic (exact) mass is 215 g/mol. The molecule has 1 fully saturated rings. The Labute approximate surface area is 96.9 Å². The average molecular weight is 215 g/mol. The van der Waals surface area contributed by atoms with Crippen LogP contribution >= 0.6 is 0 Å². The number of hydrogen-bond acceptors (Lipinski definition) is 2. The van der Waals surface area contributed by atoms with Crippen LogP contribution < -0.4 is 4.74 Å². The average Bonchev–Trinajstić information content (AvgIpc) is 2.38. The minimum Gasteiger partial charge on any atom is -0.497 e. The number of ether oxygens (including phenoxy) is 1. The topological polar surface area (TPSA) is 33.0 Å². The highest BCUT2D eigenvalue weighted by Gasteiger charge is 2.26. The fourth-order valence-corrected chi connectivity index (χ4v) is 2.56. The van der Waals surface area contributed by atoms with Crippen LogP contribution in [0.25, 0.3) is 0 Å². The summed E-state index contributed by atoms with van der Waals surface area (Å²) in [6, 6.07) is 10.6. The van der Waals surface area contributed by atoms with Crippen molar-refractivity contribution < 1.29 is 4.74 Å². The van der Waals surface area contributed by atoms with Crippen molar-refractivity contribution in [1.82, 2.24) is 0 Å². The van der Waals surface area contributed by atoms with Gasteiger partial charge in [0, 0.05) is 0 Å². The molecule has 1 aromatic rings. The summed E-state index contributed by atoms with van der Waals surface area (Å²) in [5.74, 6) is 1.47. The van der Waals surface area contributed by atoms with Gasteiger partial charge in [0.2, 0.25) is 0 Å². The molecular weight excluding hydrogens is 198 g/mol. The SMILES string of the molecule is COc1cccc(C2CCCCC2C#N)c1. The molecule has 2 rings (SSSR count). The predicted molar refractivity (Wildman–Crippen MR) is 63.3 cm³/mol. The van der Waals surface area contributed by atoms with Gasteiger partial charge in [-0.05, 0) is 36.5 Å². The van der Waals surface area contributed by atoms with Gasteiger partial charge in [0.1, 0.15) is 5.75 Å². The van der Waals surface area contributed by atoms with Crippen molar-refractivity contribution in [2.45, 2.75) is 31.6 Å². The Bertz CT molecular complexity index is 394. The molecule has 0 heterocycles. The molecule has 2 unspecified atom stereocenters. The minimum absolute atomic E-state index is 0.181. The zero-order chi connectivity index (χ0) is 11.4. The molecule has 1 aliphatic carbocycles. The number of benzene rings is 1. The van der Waals surface area contributed by atoms with Crippen LogP contribution in [0.4, 0.5) is 0 Å². The molecule has 0 N–H and O–H groups in total. The van der Waals surface area contributed by atoms with Crippen LogP contribution in [0.1, 0.15) is 37.2 Å². The van der Waals surface area contributed by atoms with Crippen LogP contribution in [-0.4, -0.2) is 7.11 Å². The zero-order valence-corrected chi connectivity index (χ0v) is 9.65. The summed E-state index contributed by atoms with van der Waals surface area (Å²) in [6.07, 6.45) is 4.60. The van der Waals surface area contributed by atoms with Crippen LogP contribution in [0.3, 0.4) is 0 Å². The highest BCUT2D eigenvalue weighted by Crippen LogP contribution is 2.38. The molecule has 0 saturated heterocycles. The van der Waals surface area contributed by atoms with Crippen LogP contribution in [0.5, 0.6) is 5.75 Å². The maximum absolute atomic E-state index is 9.17. The van der Waals surface area contributed by atoms with Crippen LogP contribution in [0, 0.1) is 17.2 Å². The van der Waals surface area contributed by atoms with Crippen molar-refractivity contribution >= 4 is 0 Å². The molecule has 2 nitrogen and oxygen atoms in total. The van der Waals surface area contributed by atoms with Crippen molar-refractivity contribution in [2.24, 2.45) is 5.92 Å². The van der Waals surface area contributed by atoms with Crippen molar-refractivity contribution in [3.63, 3.8) is 0 Å². The highest BCUT2D eigenvalue weighted by molar-refractivity contribution is 5.32. The van der Waals surface area contributed by atoms with Gasteiger partial charge in [0.25, 0.3) is 0 Å². The van der Waals surface area contributed by atoms with Crippen molar-refractivity contribution in [3.05, 3.63) is 29.8 Å². The van der Waals surface area contributed by atoms with E-state index in [4.69, 9.17) is 10.00 Å². The maximum atomic E-state index is 9.17. The summed E-state index contributed by atoms with van der Waals surface area (Å²) in [5.41, 5.74) is 1.26. The molecule has 0 amide bonds. The third-order valence-corrected chi connectivity index (χ3v) is 3.45. The van der Waals surface area contributed by atoms with Gasteiger partial charge in [-0.3, -0.25) is 0 Å². The molecule has 84 valence electrons. The molecule has 0 radical (unpaired) electrons. The minimum atomic E-state index is 0.181. The first-order valence-electron chi connectivity index (χ1n) is 5.88. The molecule has 1 aliphatic rings. The van der Waals surface area contributed by atoms with Gasteiger partial charge < -0.3 is 4.74 Å². The van der Waals surface area contributed by atoms with E-state index in [9.17, 15) is 0 Å². The Hall–Kier alpha value is -1.49. The largest absolute Gasteiger partial charge is 0.497 e. The first kappa shape index (κ1) is 11.0. The van der Waals surface area contributed by atoms with Gasteiger partial charge in [0.05, 0.1) is 19.1 Å². The van der Waals surface area contributed by atoms with Gasteiger partial charge in [-0.2, -0.15) is 5.26 Å². The summed E-state index contributed by atoms with van der Waals surface area (Å²) in [7, 11) is 1.68. The third kappa shape index (κ3) is 2.19. The van der Waals surface area contributed by atoms with E-state index in [0.717, 1.165) is 18.6 Å². The number of nitrogens with zero attached hydrogens (tertiary/aromatic N) is 1. The van der Waals surface area contributed by atoms with Crippen LogP contribution in [-0.2, 0) is 0 Å². The number of hydrogen-bond donors (Lipinski definition) is 0. The Morgan fingerprint density at radius 3 is 2.88 bits per heavy atom. The fourth-order valence-electron chi connectivity index (χ4n) is 2.56. The summed E-state index contributed by atoms with van der Waals surface area (Å²) in [5, 5.41) is 9.17. The molecule has 1 saturated carbocycles. The Morgan fingerprint density at radius 2 is 2.12 bits per heavy atom. The maximum Gasteiger partial charge on any atom is 0.119 e. The molecule has 2 heteroatoms. The third-order valence-electron chi connectivity index (χ3n) is 3.45. The zero-order valence-electron chi connectivity index (χ0n) is 9.65. The van der Waals surface area contributed by atoms with Gasteiger partial charge in [-0.25, -0.2) is 0 Å². The van der Waals surface area contributed by atoms with E-state index in [0.29, 0.717) is 5.92 Å². The van der Waals surface area contributed by atoms with Crippen molar-refractivity contribution in [2.75, 3.05) is 7.11 Å². The quantitative estimate of drug-likeness (QED) is 0.756. The van der Waals surface area contributed by atoms with E-state index in [1.807, 2.05) is 12.1 Å². The van der Waals surface area contributed by atoms with Crippen LogP contribution in [0.15, 0.2) is 24.3 Å². The van der Waals surface area contributed by atoms with Gasteiger partial charge >= 0.3 is 0 Å². The summed E-state index contributed by atoms with van der Waals surface area (Å²) in [4.78, 5) is 0. The summed E-state index contributed by atoms with van der Waals surface area (Å²) in [6.45, 7) is 0. The lowest BCUT2D eigenvalue weighted by Gasteiger charge is -2.27. The summed E-state index contributed by atoms with van der Waals surface area (Å²) >= 11 is 0. The predicted octanol–water partition coefficient (Wildman–Crippen LogP) is 3.49. The van der Waals surface area contributed by atoms with E-state index < -0.39 is 0 Å². The van der Waals surface area contributed by atoms with E-state index in [1.165, 1.54) is 18.4 Å². The first-order chi connectivity index (χ1) is 7.85. The van der Waals surface area contributed by atoms with Gasteiger partial charge in [-0.15, -0.1) is 0 Å². The molecule has 0 spiro atoms. The van der Waals surface area contributed by atoms with E-state index in [1.54, 1.807) is 7.11 Å². The lowest BCUT2D eigenvalue weighted by Crippen LogP contribution is -2.16. The molecule has 1 aromatic carbocycles. The molecule has 0 aromatic heterocycles. The number of methoxy groups -OCH3 is 1. The first-order valence-corrected chi connectivity index (χ1v) is 5.88. The van der Waals surface area contributed by atoms with E-state index in [-0.39, 0.29) is 5.92 Å². The highest BCUT2D eigenvalue weighted by atomic mass is 16.5. The lowest BCUT2D eigenvalue weighted by molar-refractivity contribution is 0.366.